The Hall–Kier alpha value is -1.39. The van der Waals surface area contributed by atoms with Crippen molar-refractivity contribution in [3.05, 3.63) is 29.3 Å². The van der Waals surface area contributed by atoms with Crippen molar-refractivity contribution in [2.45, 2.75) is 31.2 Å². The van der Waals surface area contributed by atoms with Crippen LogP contribution in [-0.2, 0) is 10.0 Å². The Labute approximate surface area is 126 Å². The number of aliphatic hydroxyl groups excluding tert-OH is 1. The molecule has 0 saturated heterocycles. The van der Waals surface area contributed by atoms with E-state index in [0.29, 0.717) is 0 Å². The first-order chi connectivity index (χ1) is 9.66. The number of rotatable bonds is 4. The molecule has 0 amide bonds. The maximum absolute atomic E-state index is 12.6. The largest absolute Gasteiger partial charge is 0.394 e. The lowest BCUT2D eigenvalue weighted by Crippen LogP contribution is -2.47. The van der Waals surface area contributed by atoms with Crippen molar-refractivity contribution >= 4 is 10.0 Å². The van der Waals surface area contributed by atoms with E-state index >= 15 is 0 Å². The Morgan fingerprint density at radius 3 is 2.48 bits per heavy atom. The molecule has 0 radical (unpaired) electrons. The first-order valence-corrected chi connectivity index (χ1v) is 8.00. The molecule has 3 N–H and O–H groups in total. The molecule has 116 valence electrons. The number of aryl methyl sites for hydroxylation is 1. The van der Waals surface area contributed by atoms with Crippen molar-refractivity contribution in [2.75, 3.05) is 20.2 Å². The summed E-state index contributed by atoms with van der Waals surface area (Å²) in [5.41, 5.74) is 5.98. The van der Waals surface area contributed by atoms with Crippen molar-refractivity contribution in [3.8, 4) is 11.8 Å². The van der Waals surface area contributed by atoms with Crippen LogP contribution in [-0.4, -0.2) is 43.6 Å². The van der Waals surface area contributed by atoms with Gasteiger partial charge in [0.05, 0.1) is 23.6 Å². The molecule has 0 spiro atoms. The quantitative estimate of drug-likeness (QED) is 0.802. The van der Waals surface area contributed by atoms with Gasteiger partial charge in [0.15, 0.2) is 0 Å². The molecule has 5 nitrogen and oxygen atoms in total. The molecule has 1 aromatic rings. The van der Waals surface area contributed by atoms with Crippen molar-refractivity contribution in [1.82, 2.24) is 4.31 Å². The highest BCUT2D eigenvalue weighted by Gasteiger charge is 2.33. The van der Waals surface area contributed by atoms with Crippen LogP contribution >= 0.6 is 0 Å². The summed E-state index contributed by atoms with van der Waals surface area (Å²) in [6, 6.07) is 4.78. The summed E-state index contributed by atoms with van der Waals surface area (Å²) in [5, 5.41) is 9.33. The van der Waals surface area contributed by atoms with E-state index in [1.54, 1.807) is 32.9 Å². The molecule has 1 rings (SSSR count). The van der Waals surface area contributed by atoms with E-state index in [1.807, 2.05) is 0 Å². The average molecular weight is 310 g/mol. The molecule has 0 aliphatic heterocycles. The van der Waals surface area contributed by atoms with Gasteiger partial charge >= 0.3 is 0 Å². The van der Waals surface area contributed by atoms with Crippen LogP contribution < -0.4 is 5.73 Å². The van der Waals surface area contributed by atoms with Crippen LogP contribution in [0.2, 0.25) is 0 Å². The molecule has 0 aliphatic rings. The predicted octanol–water partition coefficient (Wildman–Crippen LogP) is 0.697. The van der Waals surface area contributed by atoms with E-state index in [0.717, 1.165) is 11.1 Å². The third-order valence-electron chi connectivity index (χ3n) is 3.42. The van der Waals surface area contributed by atoms with E-state index < -0.39 is 15.6 Å². The third-order valence-corrected chi connectivity index (χ3v) is 5.49. The van der Waals surface area contributed by atoms with Crippen LogP contribution in [0, 0.1) is 18.8 Å². The fourth-order valence-electron chi connectivity index (χ4n) is 1.67. The Balaban J connectivity index is 3.25. The van der Waals surface area contributed by atoms with Gasteiger partial charge in [0.1, 0.15) is 0 Å². The predicted molar refractivity (Wildman–Crippen MR) is 83.2 cm³/mol. The zero-order valence-corrected chi connectivity index (χ0v) is 13.7. The Bertz CT molecular complexity index is 670. The van der Waals surface area contributed by atoms with Gasteiger partial charge in [-0.1, -0.05) is 11.8 Å². The summed E-state index contributed by atoms with van der Waals surface area (Å²) in [4.78, 5) is 0.183. The molecule has 0 saturated carbocycles. The number of hydrogen-bond donors (Lipinski definition) is 2. The summed E-state index contributed by atoms with van der Waals surface area (Å²) in [6.45, 7) is 5.13. The monoisotopic (exact) mass is 310 g/mol. The fourth-order valence-corrected chi connectivity index (χ4v) is 3.26. The maximum atomic E-state index is 12.6. The van der Waals surface area contributed by atoms with Gasteiger partial charge in [-0.15, -0.1) is 0 Å². The SMILES string of the molecule is Cc1cc(S(=O)(=O)N(C)C(C)(C)CO)ccc1C#CCN. The van der Waals surface area contributed by atoms with Crippen LogP contribution in [0.1, 0.15) is 25.0 Å². The summed E-state index contributed by atoms with van der Waals surface area (Å²) >= 11 is 0. The molecule has 6 heteroatoms. The second-order valence-corrected chi connectivity index (χ2v) is 7.39. The van der Waals surface area contributed by atoms with Crippen LogP contribution in [0.15, 0.2) is 23.1 Å². The summed E-state index contributed by atoms with van der Waals surface area (Å²) in [5.74, 6) is 5.64. The summed E-state index contributed by atoms with van der Waals surface area (Å²) in [7, 11) is -2.21. The highest BCUT2D eigenvalue weighted by atomic mass is 32.2. The fraction of sp³-hybridized carbons (Fsp3) is 0.467. The molecule has 0 bridgehead atoms. The molecule has 0 heterocycles. The second kappa shape index (κ2) is 6.58. The number of nitrogens with zero attached hydrogens (tertiary/aromatic N) is 1. The van der Waals surface area contributed by atoms with Gasteiger partial charge in [-0.2, -0.15) is 4.31 Å². The second-order valence-electron chi connectivity index (χ2n) is 5.43. The topological polar surface area (TPSA) is 83.6 Å². The van der Waals surface area contributed by atoms with E-state index in [1.165, 1.54) is 17.4 Å². The van der Waals surface area contributed by atoms with Gasteiger partial charge in [-0.05, 0) is 44.5 Å². The van der Waals surface area contributed by atoms with Gasteiger partial charge < -0.3 is 10.8 Å². The van der Waals surface area contributed by atoms with Gasteiger partial charge in [0.25, 0.3) is 0 Å². The number of nitrogens with two attached hydrogens (primary N) is 1. The smallest absolute Gasteiger partial charge is 0.243 e. The average Bonchev–Trinajstić information content (AvgIpc) is 2.44. The van der Waals surface area contributed by atoms with E-state index in [-0.39, 0.29) is 18.0 Å². The number of aliphatic hydroxyl groups is 1. The molecule has 0 aromatic heterocycles. The molecule has 21 heavy (non-hydrogen) atoms. The van der Waals surface area contributed by atoms with E-state index in [2.05, 4.69) is 11.8 Å². The van der Waals surface area contributed by atoms with Crippen LogP contribution in [0.25, 0.3) is 0 Å². The Morgan fingerprint density at radius 1 is 1.38 bits per heavy atom. The minimum absolute atomic E-state index is 0.183. The maximum Gasteiger partial charge on any atom is 0.243 e. The standard InChI is InChI=1S/C15H22N2O3S/c1-12-10-14(8-7-13(12)6-5-9-16)21(19,20)17(4)15(2,3)11-18/h7-8,10,18H,9,11,16H2,1-4H3. The third kappa shape index (κ3) is 3.83. The van der Waals surface area contributed by atoms with Crippen LogP contribution in [0.3, 0.4) is 0 Å². The molecule has 0 atom stereocenters. The lowest BCUT2D eigenvalue weighted by molar-refractivity contribution is 0.138. The van der Waals surface area contributed by atoms with Gasteiger partial charge in [0, 0.05) is 12.6 Å². The lowest BCUT2D eigenvalue weighted by atomic mass is 10.1. The molecule has 0 aliphatic carbocycles. The first kappa shape index (κ1) is 17.7. The van der Waals surface area contributed by atoms with Crippen molar-refractivity contribution in [2.24, 2.45) is 5.73 Å². The highest BCUT2D eigenvalue weighted by molar-refractivity contribution is 7.89. The highest BCUT2D eigenvalue weighted by Crippen LogP contribution is 2.24. The van der Waals surface area contributed by atoms with E-state index in [4.69, 9.17) is 5.73 Å². The van der Waals surface area contributed by atoms with Gasteiger partial charge in [-0.3, -0.25) is 0 Å². The Kier molecular flexibility index (Phi) is 5.54. The number of likely N-dealkylation sites (N-methyl/N-ethyl adjacent to an activating group) is 1. The Morgan fingerprint density at radius 2 is 2.00 bits per heavy atom. The van der Waals surface area contributed by atoms with E-state index in [9.17, 15) is 13.5 Å². The minimum Gasteiger partial charge on any atom is -0.394 e. The van der Waals surface area contributed by atoms with Crippen LogP contribution in [0.5, 0.6) is 0 Å². The molecule has 0 fully saturated rings. The first-order valence-electron chi connectivity index (χ1n) is 6.56. The zero-order chi connectivity index (χ0) is 16.3. The molecule has 0 unspecified atom stereocenters. The number of benzene rings is 1. The minimum atomic E-state index is -3.67. The molecular formula is C15H22N2O3S. The van der Waals surface area contributed by atoms with Crippen molar-refractivity contribution in [1.29, 1.82) is 0 Å². The zero-order valence-electron chi connectivity index (χ0n) is 12.8. The van der Waals surface area contributed by atoms with Gasteiger partial charge in [-0.25, -0.2) is 8.42 Å². The van der Waals surface area contributed by atoms with Crippen LogP contribution in [0.4, 0.5) is 0 Å². The number of sulfonamides is 1. The normalized spacial score (nSPS) is 12.1. The van der Waals surface area contributed by atoms with Crippen molar-refractivity contribution in [3.63, 3.8) is 0 Å². The molecule has 1 aromatic carbocycles. The summed E-state index contributed by atoms with van der Waals surface area (Å²) in [6.07, 6.45) is 0. The van der Waals surface area contributed by atoms with Crippen molar-refractivity contribution < 1.29 is 13.5 Å². The lowest BCUT2D eigenvalue weighted by Gasteiger charge is -2.32. The number of hydrogen-bond acceptors (Lipinski definition) is 4. The van der Waals surface area contributed by atoms with Gasteiger partial charge in [0.2, 0.25) is 10.0 Å². The molecular weight excluding hydrogens is 288 g/mol. The summed E-state index contributed by atoms with van der Waals surface area (Å²) < 4.78 is 26.3.